The second-order valence-corrected chi connectivity index (χ2v) is 8.52. The SMILES string of the molecule is COc1c(C)cc(Br)cc1C(=O)NCc1ccc(-c2nc3cc(C)c(C)cc3o2)cc1. The van der Waals surface area contributed by atoms with Gasteiger partial charge >= 0.3 is 0 Å². The van der Waals surface area contributed by atoms with Crippen LogP contribution in [0.4, 0.5) is 0 Å². The topological polar surface area (TPSA) is 64.4 Å². The highest BCUT2D eigenvalue weighted by Gasteiger charge is 2.16. The summed E-state index contributed by atoms with van der Waals surface area (Å²) in [6.07, 6.45) is 0. The first-order valence-electron chi connectivity index (χ1n) is 9.95. The summed E-state index contributed by atoms with van der Waals surface area (Å²) in [7, 11) is 1.57. The number of aryl methyl sites for hydroxylation is 3. The number of hydrogen-bond donors (Lipinski definition) is 1. The van der Waals surface area contributed by atoms with Gasteiger partial charge in [0.15, 0.2) is 5.58 Å². The highest BCUT2D eigenvalue weighted by molar-refractivity contribution is 9.10. The van der Waals surface area contributed by atoms with E-state index in [1.165, 1.54) is 11.1 Å². The largest absolute Gasteiger partial charge is 0.496 e. The molecule has 158 valence electrons. The Bertz CT molecular complexity index is 1240. The van der Waals surface area contributed by atoms with Crippen LogP contribution in [0.3, 0.4) is 0 Å². The summed E-state index contributed by atoms with van der Waals surface area (Å²) in [6.45, 7) is 6.44. The van der Waals surface area contributed by atoms with Crippen molar-refractivity contribution < 1.29 is 13.9 Å². The summed E-state index contributed by atoms with van der Waals surface area (Å²) in [5, 5.41) is 2.96. The molecule has 0 atom stereocenters. The van der Waals surface area contributed by atoms with Crippen LogP contribution >= 0.6 is 15.9 Å². The van der Waals surface area contributed by atoms with E-state index in [1.807, 2.05) is 49.4 Å². The Balaban J connectivity index is 1.49. The summed E-state index contributed by atoms with van der Waals surface area (Å²) in [6, 6.07) is 15.6. The lowest BCUT2D eigenvalue weighted by Crippen LogP contribution is -2.23. The van der Waals surface area contributed by atoms with Gasteiger partial charge in [0.2, 0.25) is 5.89 Å². The maximum absolute atomic E-state index is 12.7. The lowest BCUT2D eigenvalue weighted by Gasteiger charge is -2.12. The first-order valence-corrected chi connectivity index (χ1v) is 10.7. The monoisotopic (exact) mass is 478 g/mol. The van der Waals surface area contributed by atoms with Crippen LogP contribution < -0.4 is 10.1 Å². The van der Waals surface area contributed by atoms with Crippen LogP contribution in [0.15, 0.2) is 57.4 Å². The van der Waals surface area contributed by atoms with Gasteiger partial charge in [0.1, 0.15) is 11.3 Å². The number of oxazole rings is 1. The molecule has 6 heteroatoms. The van der Waals surface area contributed by atoms with Crippen LogP contribution in [-0.2, 0) is 6.54 Å². The average molecular weight is 479 g/mol. The quantitative estimate of drug-likeness (QED) is 0.375. The molecule has 0 saturated carbocycles. The van der Waals surface area contributed by atoms with Crippen LogP contribution in [0.5, 0.6) is 5.75 Å². The number of nitrogens with one attached hydrogen (secondary N) is 1. The Hall–Kier alpha value is -3.12. The van der Waals surface area contributed by atoms with Crippen molar-refractivity contribution in [3.8, 4) is 17.2 Å². The third-order valence-corrected chi connectivity index (χ3v) is 5.80. The summed E-state index contributed by atoms with van der Waals surface area (Å²) in [4.78, 5) is 17.3. The van der Waals surface area contributed by atoms with E-state index in [2.05, 4.69) is 40.1 Å². The molecule has 1 N–H and O–H groups in total. The predicted octanol–water partition coefficient (Wildman–Crippen LogP) is 6.12. The number of methoxy groups -OCH3 is 1. The summed E-state index contributed by atoms with van der Waals surface area (Å²) in [5.74, 6) is 0.984. The third kappa shape index (κ3) is 4.35. The van der Waals surface area contributed by atoms with Crippen molar-refractivity contribution in [1.29, 1.82) is 0 Å². The molecule has 4 aromatic rings. The Morgan fingerprint density at radius 3 is 2.45 bits per heavy atom. The number of carbonyl (C=O) groups excluding carboxylic acids is 1. The lowest BCUT2D eigenvalue weighted by molar-refractivity contribution is 0.0947. The Labute approximate surface area is 189 Å². The first-order chi connectivity index (χ1) is 14.9. The van der Waals surface area contributed by atoms with Crippen LogP contribution in [0, 0.1) is 20.8 Å². The molecule has 4 rings (SSSR count). The standard InChI is InChI=1S/C25H23BrN2O3/c1-14-10-21-22(11-15(14)2)31-25(28-21)18-7-5-17(6-8-18)13-27-24(29)20-12-19(26)9-16(3)23(20)30-4/h5-12H,13H2,1-4H3,(H,27,29). The Morgan fingerprint density at radius 1 is 1.03 bits per heavy atom. The normalized spacial score (nSPS) is 11.0. The van der Waals surface area contributed by atoms with Crippen LogP contribution in [-0.4, -0.2) is 18.0 Å². The van der Waals surface area contributed by atoms with E-state index in [4.69, 9.17) is 9.15 Å². The summed E-state index contributed by atoms with van der Waals surface area (Å²) >= 11 is 3.44. The van der Waals surface area contributed by atoms with Crippen molar-refractivity contribution in [2.75, 3.05) is 7.11 Å². The van der Waals surface area contributed by atoms with Gasteiger partial charge in [-0.25, -0.2) is 4.98 Å². The van der Waals surface area contributed by atoms with Gasteiger partial charge in [0, 0.05) is 16.6 Å². The number of rotatable bonds is 5. The minimum absolute atomic E-state index is 0.185. The van der Waals surface area contributed by atoms with Gasteiger partial charge in [0.05, 0.1) is 12.7 Å². The smallest absolute Gasteiger partial charge is 0.255 e. The molecule has 1 aromatic heterocycles. The van der Waals surface area contributed by atoms with Crippen molar-refractivity contribution in [2.45, 2.75) is 27.3 Å². The van der Waals surface area contributed by atoms with Gasteiger partial charge in [-0.2, -0.15) is 0 Å². The van der Waals surface area contributed by atoms with Gasteiger partial charge in [-0.05, 0) is 79.4 Å². The number of fused-ring (bicyclic) bond motifs is 1. The molecule has 0 fully saturated rings. The van der Waals surface area contributed by atoms with Crippen LogP contribution in [0.2, 0.25) is 0 Å². The number of benzene rings is 3. The van der Waals surface area contributed by atoms with E-state index in [9.17, 15) is 4.79 Å². The van der Waals surface area contributed by atoms with E-state index >= 15 is 0 Å². The lowest BCUT2D eigenvalue weighted by atomic mass is 10.1. The van der Waals surface area contributed by atoms with Gasteiger partial charge in [0.25, 0.3) is 5.91 Å². The fourth-order valence-electron chi connectivity index (χ4n) is 3.52. The molecule has 0 unspecified atom stereocenters. The molecule has 1 amide bonds. The number of halogens is 1. The fourth-order valence-corrected chi connectivity index (χ4v) is 4.09. The third-order valence-electron chi connectivity index (χ3n) is 5.35. The van der Waals surface area contributed by atoms with Gasteiger partial charge in [-0.3, -0.25) is 4.79 Å². The minimum Gasteiger partial charge on any atom is -0.496 e. The molecule has 0 radical (unpaired) electrons. The zero-order valence-corrected chi connectivity index (χ0v) is 19.5. The number of carbonyl (C=O) groups is 1. The van der Waals surface area contributed by atoms with Gasteiger partial charge < -0.3 is 14.5 Å². The second-order valence-electron chi connectivity index (χ2n) is 7.61. The van der Waals surface area contributed by atoms with Crippen molar-refractivity contribution >= 4 is 32.9 Å². The van der Waals surface area contributed by atoms with E-state index in [0.717, 1.165) is 32.3 Å². The predicted molar refractivity (Wildman–Crippen MR) is 126 cm³/mol. The number of hydrogen-bond acceptors (Lipinski definition) is 4. The van der Waals surface area contributed by atoms with Crippen molar-refractivity contribution in [1.82, 2.24) is 10.3 Å². The minimum atomic E-state index is -0.185. The Morgan fingerprint density at radius 2 is 1.74 bits per heavy atom. The molecule has 0 aliphatic carbocycles. The molecule has 0 bridgehead atoms. The fraction of sp³-hybridized carbons (Fsp3) is 0.200. The summed E-state index contributed by atoms with van der Waals surface area (Å²) in [5.41, 5.74) is 7.28. The van der Waals surface area contributed by atoms with E-state index in [0.29, 0.717) is 23.7 Å². The Kier molecular flexibility index (Phi) is 5.83. The molecule has 3 aromatic carbocycles. The highest BCUT2D eigenvalue weighted by Crippen LogP contribution is 2.28. The summed E-state index contributed by atoms with van der Waals surface area (Å²) < 4.78 is 12.2. The average Bonchev–Trinajstić information content (AvgIpc) is 3.14. The van der Waals surface area contributed by atoms with E-state index in [1.54, 1.807) is 13.2 Å². The first kappa shape index (κ1) is 21.1. The van der Waals surface area contributed by atoms with Crippen LogP contribution in [0.25, 0.3) is 22.6 Å². The number of aromatic nitrogens is 1. The van der Waals surface area contributed by atoms with Crippen molar-refractivity contribution in [2.24, 2.45) is 0 Å². The molecular formula is C25H23BrN2O3. The molecule has 31 heavy (non-hydrogen) atoms. The molecular weight excluding hydrogens is 456 g/mol. The van der Waals surface area contributed by atoms with Crippen molar-refractivity contribution in [3.05, 3.63) is 80.8 Å². The number of ether oxygens (including phenoxy) is 1. The molecule has 0 aliphatic rings. The number of nitrogens with zero attached hydrogens (tertiary/aromatic N) is 1. The second kappa shape index (κ2) is 8.55. The van der Waals surface area contributed by atoms with E-state index in [-0.39, 0.29) is 5.91 Å². The number of amides is 1. The van der Waals surface area contributed by atoms with Gasteiger partial charge in [-0.15, -0.1) is 0 Å². The zero-order chi connectivity index (χ0) is 22.1. The van der Waals surface area contributed by atoms with Gasteiger partial charge in [-0.1, -0.05) is 28.1 Å². The zero-order valence-electron chi connectivity index (χ0n) is 17.9. The van der Waals surface area contributed by atoms with Crippen LogP contribution in [0.1, 0.15) is 32.6 Å². The molecule has 0 spiro atoms. The maximum atomic E-state index is 12.7. The molecule has 5 nitrogen and oxygen atoms in total. The van der Waals surface area contributed by atoms with E-state index < -0.39 is 0 Å². The molecule has 0 saturated heterocycles. The maximum Gasteiger partial charge on any atom is 0.255 e. The van der Waals surface area contributed by atoms with Crippen molar-refractivity contribution in [3.63, 3.8) is 0 Å². The molecule has 0 aliphatic heterocycles. The highest BCUT2D eigenvalue weighted by atomic mass is 79.9. The molecule has 1 heterocycles.